The number of carbonyl (C=O) groups excluding carboxylic acids is 1. The molecule has 3 atom stereocenters. The van der Waals surface area contributed by atoms with Crippen LogP contribution in [-0.4, -0.2) is 53.7 Å². The average Bonchev–Trinajstić information content (AvgIpc) is 3.44. The van der Waals surface area contributed by atoms with Crippen molar-refractivity contribution in [3.8, 4) is 0 Å². The van der Waals surface area contributed by atoms with Gasteiger partial charge in [-0.15, -0.1) is 0 Å². The normalized spacial score (nSPS) is 23.7. The first-order chi connectivity index (χ1) is 16.6. The van der Waals surface area contributed by atoms with Crippen molar-refractivity contribution in [2.24, 2.45) is 0 Å². The first-order valence-electron chi connectivity index (χ1n) is 12.7. The molecule has 2 bridgehead atoms. The predicted octanol–water partition coefficient (Wildman–Crippen LogP) is 3.33. The lowest BCUT2D eigenvalue weighted by atomic mass is 9.87. The van der Waals surface area contributed by atoms with Crippen LogP contribution in [0.4, 0.5) is 11.4 Å². The second-order valence-electron chi connectivity index (χ2n) is 10.0. The van der Waals surface area contributed by atoms with E-state index in [1.807, 2.05) is 19.3 Å². The number of nitrogens with zero attached hydrogens (tertiary/aromatic N) is 3. The average molecular weight is 459 g/mol. The summed E-state index contributed by atoms with van der Waals surface area (Å²) in [4.78, 5) is 20.4. The topological polar surface area (TPSA) is 74.2 Å². The fourth-order valence-corrected chi connectivity index (χ4v) is 6.17. The van der Waals surface area contributed by atoms with Crippen molar-refractivity contribution in [2.45, 2.75) is 63.7 Å². The zero-order valence-electron chi connectivity index (χ0n) is 20.1. The van der Waals surface area contributed by atoms with Crippen molar-refractivity contribution in [1.29, 1.82) is 0 Å². The summed E-state index contributed by atoms with van der Waals surface area (Å²) in [7, 11) is 1.87. The molecule has 2 saturated heterocycles. The van der Waals surface area contributed by atoms with Crippen LogP contribution in [0.25, 0.3) is 11.0 Å². The molecule has 178 valence electrons. The molecule has 1 amide bonds. The van der Waals surface area contributed by atoms with Crippen LogP contribution in [-0.2, 0) is 19.4 Å². The van der Waals surface area contributed by atoms with Gasteiger partial charge in [-0.3, -0.25) is 4.79 Å². The molecule has 0 spiro atoms. The predicted molar refractivity (Wildman–Crippen MR) is 137 cm³/mol. The molecule has 7 nitrogen and oxygen atoms in total. The molecule has 0 saturated carbocycles. The number of benzene rings is 1. The zero-order chi connectivity index (χ0) is 23.2. The minimum absolute atomic E-state index is 0.0515. The van der Waals surface area contributed by atoms with Crippen LogP contribution in [0.1, 0.15) is 47.7 Å². The van der Waals surface area contributed by atoms with Crippen molar-refractivity contribution in [3.63, 3.8) is 0 Å². The van der Waals surface area contributed by atoms with Crippen LogP contribution < -0.4 is 20.9 Å². The molecular weight excluding hydrogens is 424 g/mol. The Balaban J connectivity index is 1.16. The summed E-state index contributed by atoms with van der Waals surface area (Å²) in [6, 6.07) is 10.4. The van der Waals surface area contributed by atoms with Crippen molar-refractivity contribution >= 4 is 28.3 Å². The summed E-state index contributed by atoms with van der Waals surface area (Å²) in [5.41, 5.74) is 6.52. The van der Waals surface area contributed by atoms with Crippen molar-refractivity contribution in [3.05, 3.63) is 53.3 Å². The van der Waals surface area contributed by atoms with Gasteiger partial charge in [0.1, 0.15) is 5.65 Å². The van der Waals surface area contributed by atoms with E-state index in [1.54, 1.807) is 6.20 Å². The molecule has 3 aromatic rings. The van der Waals surface area contributed by atoms with E-state index in [9.17, 15) is 4.79 Å². The Morgan fingerprint density at radius 3 is 2.74 bits per heavy atom. The number of piperazine rings is 1. The number of carbonyl (C=O) groups is 1. The molecule has 2 aromatic heterocycles. The first kappa shape index (κ1) is 21.5. The van der Waals surface area contributed by atoms with Crippen molar-refractivity contribution < 1.29 is 4.79 Å². The molecule has 2 unspecified atom stereocenters. The van der Waals surface area contributed by atoms with E-state index >= 15 is 0 Å². The number of nitrogens with one attached hydrogen (secondary N) is 3. The minimum atomic E-state index is -0.0515. The third-order valence-electron chi connectivity index (χ3n) is 7.96. The number of aryl methyl sites for hydroxylation is 2. The molecule has 3 aliphatic rings. The lowest BCUT2D eigenvalue weighted by molar-refractivity contribution is 0.0934. The Labute approximate surface area is 200 Å². The third-order valence-corrected chi connectivity index (χ3v) is 7.96. The Hall–Kier alpha value is -3.06. The van der Waals surface area contributed by atoms with Gasteiger partial charge in [0.2, 0.25) is 0 Å². The molecule has 1 aromatic carbocycles. The van der Waals surface area contributed by atoms with Gasteiger partial charge in [0, 0.05) is 68.3 Å². The van der Waals surface area contributed by atoms with Crippen LogP contribution in [0.2, 0.25) is 0 Å². The standard InChI is InChI=1S/C27H34N6O/c1-3-32-11-10-23-25(28-2)24(14-29-26(23)32)27(34)31-19-6-4-18-13-22(9-5-17(18)12-19)33-15-20-7-8-21(16-33)30-20/h5,9-11,13-14,19-21,30H,3-4,6-8,12,15-16H2,1-2H3,(H,28,29)(H,31,34)/t19-,20?,21?/m1/s1. The number of pyridine rings is 1. The number of anilines is 2. The van der Waals surface area contributed by atoms with E-state index in [0.717, 1.165) is 55.6 Å². The van der Waals surface area contributed by atoms with E-state index in [4.69, 9.17) is 0 Å². The maximum Gasteiger partial charge on any atom is 0.255 e. The summed E-state index contributed by atoms with van der Waals surface area (Å²) >= 11 is 0. The minimum Gasteiger partial charge on any atom is -0.387 e. The smallest absolute Gasteiger partial charge is 0.255 e. The van der Waals surface area contributed by atoms with Crippen molar-refractivity contribution in [1.82, 2.24) is 20.2 Å². The number of fused-ring (bicyclic) bond motifs is 4. The Morgan fingerprint density at radius 1 is 1.15 bits per heavy atom. The SMILES string of the molecule is CCn1ccc2c(NC)c(C(=O)N[C@@H]3CCc4cc(N5CC6CCC(C5)N6)ccc4C3)cnc21. The van der Waals surface area contributed by atoms with Gasteiger partial charge >= 0.3 is 0 Å². The number of rotatable bonds is 5. The monoisotopic (exact) mass is 458 g/mol. The third kappa shape index (κ3) is 3.72. The van der Waals surface area contributed by atoms with Gasteiger partial charge in [-0.2, -0.15) is 0 Å². The largest absolute Gasteiger partial charge is 0.387 e. The summed E-state index contributed by atoms with van der Waals surface area (Å²) in [5.74, 6) is -0.0515. The van der Waals surface area contributed by atoms with Crippen LogP contribution in [0.15, 0.2) is 36.7 Å². The highest BCUT2D eigenvalue weighted by Gasteiger charge is 2.32. The quantitative estimate of drug-likeness (QED) is 0.547. The van der Waals surface area contributed by atoms with Gasteiger partial charge in [0.15, 0.2) is 0 Å². The van der Waals surface area contributed by atoms with E-state index in [2.05, 4.69) is 55.5 Å². The highest BCUT2D eigenvalue weighted by Crippen LogP contribution is 2.31. The number of hydrogen-bond donors (Lipinski definition) is 3. The van der Waals surface area contributed by atoms with Crippen LogP contribution in [0, 0.1) is 0 Å². The number of aromatic nitrogens is 2. The Bertz CT molecular complexity index is 1220. The highest BCUT2D eigenvalue weighted by atomic mass is 16.1. The van der Waals surface area contributed by atoms with Gasteiger partial charge in [0.05, 0.1) is 11.3 Å². The van der Waals surface area contributed by atoms with E-state index in [0.29, 0.717) is 17.6 Å². The number of hydrogen-bond acceptors (Lipinski definition) is 5. The molecule has 34 heavy (non-hydrogen) atoms. The van der Waals surface area contributed by atoms with Crippen LogP contribution in [0.3, 0.4) is 0 Å². The Kier molecular flexibility index (Phi) is 5.44. The van der Waals surface area contributed by atoms with E-state index < -0.39 is 0 Å². The van der Waals surface area contributed by atoms with Gasteiger partial charge in [-0.25, -0.2) is 4.98 Å². The van der Waals surface area contributed by atoms with Crippen LogP contribution in [0.5, 0.6) is 0 Å². The molecule has 3 N–H and O–H groups in total. The fraction of sp³-hybridized carbons (Fsp3) is 0.481. The molecule has 4 heterocycles. The lowest BCUT2D eigenvalue weighted by Crippen LogP contribution is -2.51. The molecule has 7 heteroatoms. The second kappa shape index (κ2) is 8.62. The summed E-state index contributed by atoms with van der Waals surface area (Å²) in [6.45, 7) is 5.17. The molecule has 2 aliphatic heterocycles. The highest BCUT2D eigenvalue weighted by molar-refractivity contribution is 6.06. The lowest BCUT2D eigenvalue weighted by Gasteiger charge is -2.35. The maximum atomic E-state index is 13.2. The van der Waals surface area contributed by atoms with E-state index in [-0.39, 0.29) is 11.9 Å². The van der Waals surface area contributed by atoms with Gasteiger partial charge in [-0.1, -0.05) is 6.07 Å². The molecule has 0 radical (unpaired) electrons. The van der Waals surface area contributed by atoms with Gasteiger partial charge < -0.3 is 25.4 Å². The van der Waals surface area contributed by atoms with Crippen LogP contribution >= 0.6 is 0 Å². The molecule has 2 fully saturated rings. The van der Waals surface area contributed by atoms with Crippen molar-refractivity contribution in [2.75, 3.05) is 30.4 Å². The van der Waals surface area contributed by atoms with E-state index in [1.165, 1.54) is 29.7 Å². The summed E-state index contributed by atoms with van der Waals surface area (Å²) in [6.07, 6.45) is 9.18. The summed E-state index contributed by atoms with van der Waals surface area (Å²) < 4.78 is 2.09. The Morgan fingerprint density at radius 2 is 1.97 bits per heavy atom. The molecule has 6 rings (SSSR count). The fourth-order valence-electron chi connectivity index (χ4n) is 6.17. The van der Waals surface area contributed by atoms with Gasteiger partial charge in [0.25, 0.3) is 5.91 Å². The van der Waals surface area contributed by atoms with Gasteiger partial charge in [-0.05, 0) is 68.4 Å². The first-order valence-corrected chi connectivity index (χ1v) is 12.7. The molecule has 1 aliphatic carbocycles. The molecular formula is C27H34N6O. The summed E-state index contributed by atoms with van der Waals surface area (Å²) in [5, 5.41) is 11.2. The number of amides is 1. The zero-order valence-corrected chi connectivity index (χ0v) is 20.1. The maximum absolute atomic E-state index is 13.2. The second-order valence-corrected chi connectivity index (χ2v) is 10.0.